The Labute approximate surface area is 137 Å². The van der Waals surface area contributed by atoms with Gasteiger partial charge >= 0.3 is 35.5 Å². The number of allylic oxidation sites excluding steroid dienone is 1. The Morgan fingerprint density at radius 3 is 2.63 bits per heavy atom. The second kappa shape index (κ2) is 8.37. The van der Waals surface area contributed by atoms with Crippen LogP contribution in [0.2, 0.25) is 0 Å². The third-order valence-corrected chi connectivity index (χ3v) is 3.06. The van der Waals surface area contributed by atoms with Gasteiger partial charge in [0.25, 0.3) is 0 Å². The molecule has 0 aliphatic heterocycles. The molecule has 0 spiro atoms. The zero-order valence-corrected chi connectivity index (χ0v) is 14.0. The Morgan fingerprint density at radius 1 is 1.53 bits per heavy atom. The molecule has 1 heterocycles. The van der Waals surface area contributed by atoms with E-state index in [9.17, 15) is 14.7 Å². The van der Waals surface area contributed by atoms with Crippen molar-refractivity contribution in [2.75, 3.05) is 7.11 Å². The maximum absolute atomic E-state index is 11.7. The zero-order chi connectivity index (χ0) is 13.7. The van der Waals surface area contributed by atoms with Gasteiger partial charge in [0.05, 0.1) is 7.11 Å². The molecule has 1 atom stereocenters. The van der Waals surface area contributed by atoms with Gasteiger partial charge in [0.1, 0.15) is 0 Å². The molecule has 5 nitrogen and oxygen atoms in total. The number of carboxylic acids is 1. The Morgan fingerprint density at radius 2 is 2.16 bits per heavy atom. The first kappa shape index (κ1) is 18.2. The minimum atomic E-state index is -1.19. The van der Waals surface area contributed by atoms with Crippen LogP contribution in [0.4, 0.5) is 0 Å². The predicted molar refractivity (Wildman–Crippen MR) is 65.7 cm³/mol. The van der Waals surface area contributed by atoms with E-state index in [2.05, 4.69) is 11.9 Å². The molecule has 0 aromatic carbocycles. The van der Waals surface area contributed by atoms with E-state index in [-0.39, 0.29) is 36.0 Å². The molecule has 7 heteroatoms. The Bertz CT molecular complexity index is 472. The average Bonchev–Trinajstić information content (AvgIpc) is 2.71. The van der Waals surface area contributed by atoms with Crippen LogP contribution in [-0.2, 0) is 20.7 Å². The fraction of sp³-hybridized carbons (Fsp3) is 0.333. The maximum Gasteiger partial charge on any atom is 1.00 e. The first-order chi connectivity index (χ1) is 8.45. The minimum Gasteiger partial charge on any atom is -0.550 e. The van der Waals surface area contributed by atoms with Crippen LogP contribution in [0, 0.1) is 0 Å². The van der Waals surface area contributed by atoms with Gasteiger partial charge in [-0.3, -0.25) is 0 Å². The van der Waals surface area contributed by atoms with Crippen molar-refractivity contribution in [2.24, 2.45) is 0 Å². The fourth-order valence-corrected chi connectivity index (χ4v) is 2.40. The molecule has 0 aliphatic rings. The summed E-state index contributed by atoms with van der Waals surface area (Å²) in [5.41, 5.74) is 1.72. The summed E-state index contributed by atoms with van der Waals surface area (Å²) >= 11 is 1.32. The van der Waals surface area contributed by atoms with Gasteiger partial charge in [0, 0.05) is 18.1 Å². The normalized spacial score (nSPS) is 11.1. The number of carbonyl (C=O) groups is 2. The van der Waals surface area contributed by atoms with Gasteiger partial charge in [-0.25, -0.2) is 4.79 Å². The number of nitrogens with one attached hydrogen (secondary N) is 1. The summed E-state index contributed by atoms with van der Waals surface area (Å²) in [6.45, 7) is 5.38. The third-order valence-electron chi connectivity index (χ3n) is 2.25. The number of carbonyl (C=O) groups excluding carboxylic acids is 2. The zero-order valence-electron chi connectivity index (χ0n) is 11.2. The minimum absolute atomic E-state index is 0. The molecule has 0 amide bonds. The Hall–Kier alpha value is -0.820. The van der Waals surface area contributed by atoms with E-state index in [1.807, 2.05) is 0 Å². The van der Waals surface area contributed by atoms with E-state index in [1.54, 1.807) is 17.7 Å². The SMILES string of the molecule is C=C(C)NC(C(=O)OC)c1cscc1CC(=O)[O-].[Na+]. The molecule has 1 N–H and O–H groups in total. The number of carboxylic acid groups (broad SMARTS) is 1. The van der Waals surface area contributed by atoms with E-state index < -0.39 is 18.0 Å². The van der Waals surface area contributed by atoms with Crippen molar-refractivity contribution in [3.05, 3.63) is 34.2 Å². The quantitative estimate of drug-likeness (QED) is 0.459. The second-order valence-corrected chi connectivity index (χ2v) is 4.53. The number of methoxy groups -OCH3 is 1. The average molecular weight is 291 g/mol. The molecular formula is C12H14NNaO4S. The van der Waals surface area contributed by atoms with Crippen molar-refractivity contribution >= 4 is 23.3 Å². The molecule has 0 fully saturated rings. The molecule has 0 saturated carbocycles. The van der Waals surface area contributed by atoms with Crippen LogP contribution < -0.4 is 40.0 Å². The molecule has 1 aromatic rings. The first-order valence-corrected chi connectivity index (χ1v) is 6.14. The van der Waals surface area contributed by atoms with Crippen LogP contribution in [0.3, 0.4) is 0 Å². The van der Waals surface area contributed by atoms with E-state index >= 15 is 0 Å². The first-order valence-electron chi connectivity index (χ1n) is 5.20. The van der Waals surface area contributed by atoms with Crippen LogP contribution >= 0.6 is 11.3 Å². The second-order valence-electron chi connectivity index (χ2n) is 3.78. The number of hydrogen-bond donors (Lipinski definition) is 1. The molecule has 0 bridgehead atoms. The topological polar surface area (TPSA) is 78.5 Å². The van der Waals surface area contributed by atoms with E-state index in [0.29, 0.717) is 16.8 Å². The number of hydrogen-bond acceptors (Lipinski definition) is 6. The summed E-state index contributed by atoms with van der Waals surface area (Å²) in [4.78, 5) is 22.3. The summed E-state index contributed by atoms with van der Waals surface area (Å²) in [5.74, 6) is -1.68. The number of thiophene rings is 1. The summed E-state index contributed by atoms with van der Waals surface area (Å²) in [6, 6.07) is -0.743. The van der Waals surface area contributed by atoms with Gasteiger partial charge in [0.2, 0.25) is 0 Å². The van der Waals surface area contributed by atoms with E-state index in [4.69, 9.17) is 4.74 Å². The third kappa shape index (κ3) is 5.36. The molecule has 0 aliphatic carbocycles. The maximum atomic E-state index is 11.7. The standard InChI is InChI=1S/C12H15NO4S.Na/c1-7(2)13-11(12(16)17-3)9-6-18-5-8(9)4-10(14)15;/h5-6,11,13H,1,4H2,2-3H3,(H,14,15);/q;+1/p-1. The van der Waals surface area contributed by atoms with Gasteiger partial charge in [-0.2, -0.15) is 11.3 Å². The van der Waals surface area contributed by atoms with Crippen LogP contribution in [0.5, 0.6) is 0 Å². The van der Waals surface area contributed by atoms with Gasteiger partial charge < -0.3 is 20.0 Å². The summed E-state index contributed by atoms with van der Waals surface area (Å²) in [5, 5.41) is 16.9. The van der Waals surface area contributed by atoms with Crippen molar-refractivity contribution in [2.45, 2.75) is 19.4 Å². The number of ether oxygens (including phenoxy) is 1. The van der Waals surface area contributed by atoms with Gasteiger partial charge in [-0.1, -0.05) is 6.58 Å². The van der Waals surface area contributed by atoms with Crippen molar-refractivity contribution < 1.29 is 49.0 Å². The molecule has 19 heavy (non-hydrogen) atoms. The van der Waals surface area contributed by atoms with Crippen molar-refractivity contribution in [3.63, 3.8) is 0 Å². The Kier molecular flexibility index (Phi) is 8.01. The monoisotopic (exact) mass is 291 g/mol. The van der Waals surface area contributed by atoms with Gasteiger partial charge in [-0.05, 0) is 28.8 Å². The molecule has 1 aromatic heterocycles. The smallest absolute Gasteiger partial charge is 0.550 e. The summed E-state index contributed by atoms with van der Waals surface area (Å²) in [6.07, 6.45) is -0.232. The predicted octanol–water partition coefficient (Wildman–Crippen LogP) is -2.62. The molecule has 98 valence electrons. The summed E-state index contributed by atoms with van der Waals surface area (Å²) < 4.78 is 4.70. The summed E-state index contributed by atoms with van der Waals surface area (Å²) in [7, 11) is 1.28. The van der Waals surface area contributed by atoms with Crippen molar-refractivity contribution in [3.8, 4) is 0 Å². The number of esters is 1. The Balaban J connectivity index is 0.00000324. The number of rotatable bonds is 6. The van der Waals surface area contributed by atoms with Crippen LogP contribution in [0.15, 0.2) is 23.0 Å². The van der Waals surface area contributed by atoms with Gasteiger partial charge in [0.15, 0.2) is 6.04 Å². The van der Waals surface area contributed by atoms with Crippen molar-refractivity contribution in [1.29, 1.82) is 0 Å². The van der Waals surface area contributed by atoms with Gasteiger partial charge in [-0.15, -0.1) is 0 Å². The largest absolute Gasteiger partial charge is 1.00 e. The van der Waals surface area contributed by atoms with Crippen LogP contribution in [-0.4, -0.2) is 19.0 Å². The van der Waals surface area contributed by atoms with E-state index in [0.717, 1.165) is 0 Å². The van der Waals surface area contributed by atoms with Crippen LogP contribution in [0.1, 0.15) is 24.1 Å². The van der Waals surface area contributed by atoms with Crippen molar-refractivity contribution in [1.82, 2.24) is 5.32 Å². The molecule has 1 unspecified atom stereocenters. The van der Waals surface area contributed by atoms with E-state index in [1.165, 1.54) is 18.4 Å². The molecule has 1 rings (SSSR count). The molecule has 0 saturated heterocycles. The fourth-order valence-electron chi connectivity index (χ4n) is 1.51. The molecular weight excluding hydrogens is 277 g/mol. The molecule has 0 radical (unpaired) electrons. The van der Waals surface area contributed by atoms with Crippen LogP contribution in [0.25, 0.3) is 0 Å². The number of aliphatic carboxylic acids is 1.